The van der Waals surface area contributed by atoms with Crippen LogP contribution in [0.3, 0.4) is 0 Å². The van der Waals surface area contributed by atoms with Gasteiger partial charge in [-0.1, -0.05) is 0 Å². The van der Waals surface area contributed by atoms with Crippen LogP contribution in [0.5, 0.6) is 0 Å². The van der Waals surface area contributed by atoms with Crippen LogP contribution in [-0.2, 0) is 9.59 Å². The fraction of sp³-hybridized carbons (Fsp3) is 0.750. The number of carbonyl (C=O) groups is 2. The monoisotopic (exact) mass is 255 g/mol. The standard InChI is InChI=1S/C6H12O6.C2H5NO2/c7-1-3(9)5(11)6(12)4(10)2-8;3-1-2(4)5/h1,3-6,8-12H,2H2;1,3H2,(H,4,5)/t3-,4+,5+,6-;/m0./s1. The third-order valence-electron chi connectivity index (χ3n) is 1.60. The molecule has 0 aliphatic carbocycles. The summed E-state index contributed by atoms with van der Waals surface area (Å²) in [5.41, 5.74) is 4.57. The van der Waals surface area contributed by atoms with E-state index in [0.717, 1.165) is 0 Å². The Morgan fingerprint density at radius 2 is 1.59 bits per heavy atom. The number of aldehydes is 1. The number of carbonyl (C=O) groups excluding carboxylic acids is 1. The van der Waals surface area contributed by atoms with Gasteiger partial charge >= 0.3 is 5.97 Å². The summed E-state index contributed by atoms with van der Waals surface area (Å²) in [5.74, 6) is -0.968. The van der Waals surface area contributed by atoms with Gasteiger partial charge in [0.25, 0.3) is 0 Å². The Balaban J connectivity index is 0. The highest BCUT2D eigenvalue weighted by Crippen LogP contribution is 2.02. The number of rotatable bonds is 6. The molecular formula is C8H17NO8. The Kier molecular flexibility index (Phi) is 10.8. The van der Waals surface area contributed by atoms with E-state index in [9.17, 15) is 9.59 Å². The van der Waals surface area contributed by atoms with Gasteiger partial charge in [0.15, 0.2) is 6.29 Å². The Hall–Kier alpha value is -1.10. The van der Waals surface area contributed by atoms with E-state index in [1.54, 1.807) is 0 Å². The zero-order valence-electron chi connectivity index (χ0n) is 8.88. The number of aliphatic hydroxyl groups excluding tert-OH is 5. The Labute approximate surface area is 96.7 Å². The number of aliphatic hydroxyl groups is 5. The van der Waals surface area contributed by atoms with Gasteiger partial charge in [-0.3, -0.25) is 4.79 Å². The number of carboxylic acid groups (broad SMARTS) is 1. The molecule has 0 saturated carbocycles. The lowest BCUT2D eigenvalue weighted by atomic mass is 10.0. The molecule has 9 heteroatoms. The summed E-state index contributed by atoms with van der Waals surface area (Å²) in [6.45, 7) is -1.04. The number of nitrogens with two attached hydrogens (primary N) is 1. The second-order valence-electron chi connectivity index (χ2n) is 2.96. The Morgan fingerprint density at radius 3 is 1.82 bits per heavy atom. The summed E-state index contributed by atoms with van der Waals surface area (Å²) in [6, 6.07) is 0. The first-order valence-corrected chi connectivity index (χ1v) is 4.52. The maximum absolute atomic E-state index is 9.90. The minimum absolute atomic E-state index is 0.0258. The highest BCUT2D eigenvalue weighted by Gasteiger charge is 2.29. The first kappa shape index (κ1) is 18.3. The maximum Gasteiger partial charge on any atom is 0.317 e. The van der Waals surface area contributed by atoms with Crippen molar-refractivity contribution in [2.75, 3.05) is 13.2 Å². The summed E-state index contributed by atoms with van der Waals surface area (Å²) in [4.78, 5) is 19.1. The number of hydrogen-bond donors (Lipinski definition) is 7. The highest BCUT2D eigenvalue weighted by molar-refractivity contribution is 5.68. The van der Waals surface area contributed by atoms with Crippen molar-refractivity contribution in [2.45, 2.75) is 24.4 Å². The lowest BCUT2D eigenvalue weighted by Crippen LogP contribution is -2.46. The smallest absolute Gasteiger partial charge is 0.317 e. The van der Waals surface area contributed by atoms with Crippen molar-refractivity contribution in [1.82, 2.24) is 0 Å². The molecule has 0 amide bonds. The van der Waals surface area contributed by atoms with E-state index in [1.165, 1.54) is 0 Å². The van der Waals surface area contributed by atoms with Crippen molar-refractivity contribution in [2.24, 2.45) is 5.73 Å². The van der Waals surface area contributed by atoms with E-state index >= 15 is 0 Å². The van der Waals surface area contributed by atoms with E-state index in [1.807, 2.05) is 0 Å². The molecule has 0 radical (unpaired) electrons. The average Bonchev–Trinajstić information content (AvgIpc) is 2.35. The molecule has 0 aromatic rings. The summed E-state index contributed by atoms with van der Waals surface area (Å²) < 4.78 is 0. The largest absolute Gasteiger partial charge is 0.480 e. The van der Waals surface area contributed by atoms with Crippen molar-refractivity contribution in [3.8, 4) is 0 Å². The fourth-order valence-electron chi connectivity index (χ4n) is 0.618. The van der Waals surface area contributed by atoms with Crippen molar-refractivity contribution in [3.05, 3.63) is 0 Å². The predicted octanol–water partition coefficient (Wildman–Crippen LogP) is -4.35. The normalized spacial score (nSPS) is 17.1. The van der Waals surface area contributed by atoms with Gasteiger partial charge in [0, 0.05) is 0 Å². The molecule has 0 bridgehead atoms. The molecule has 0 aromatic heterocycles. The van der Waals surface area contributed by atoms with Crippen LogP contribution in [0.1, 0.15) is 0 Å². The molecule has 4 atom stereocenters. The van der Waals surface area contributed by atoms with Gasteiger partial charge in [-0.2, -0.15) is 0 Å². The highest BCUT2D eigenvalue weighted by atomic mass is 16.4. The summed E-state index contributed by atoms with van der Waals surface area (Å²) in [5, 5.41) is 51.1. The molecule has 0 aliphatic heterocycles. The van der Waals surface area contributed by atoms with Crippen molar-refractivity contribution < 1.29 is 40.2 Å². The molecular weight excluding hydrogens is 238 g/mol. The lowest BCUT2D eigenvalue weighted by Gasteiger charge is -2.22. The number of carboxylic acids is 1. The predicted molar refractivity (Wildman–Crippen MR) is 53.9 cm³/mol. The summed E-state index contributed by atoms with van der Waals surface area (Å²) >= 11 is 0. The molecule has 0 aromatic carbocycles. The van der Waals surface area contributed by atoms with Crippen LogP contribution in [0.4, 0.5) is 0 Å². The first-order valence-electron chi connectivity index (χ1n) is 4.52. The molecule has 8 N–H and O–H groups in total. The SMILES string of the molecule is NCC(=O)O.O=C[C@H](O)[C@@H](O)[C@@H](O)[C@H](O)CO. The Bertz CT molecular complexity index is 224. The summed E-state index contributed by atoms with van der Waals surface area (Å²) in [7, 11) is 0. The molecule has 9 nitrogen and oxygen atoms in total. The van der Waals surface area contributed by atoms with E-state index in [2.05, 4.69) is 5.73 Å². The second kappa shape index (κ2) is 10.1. The van der Waals surface area contributed by atoms with Crippen LogP contribution in [0.15, 0.2) is 0 Å². The van der Waals surface area contributed by atoms with E-state index in [4.69, 9.17) is 30.6 Å². The summed E-state index contributed by atoms with van der Waals surface area (Å²) in [6.07, 6.45) is -6.84. The molecule has 102 valence electrons. The van der Waals surface area contributed by atoms with Crippen LogP contribution in [0, 0.1) is 0 Å². The van der Waals surface area contributed by atoms with Gasteiger partial charge in [-0.25, -0.2) is 0 Å². The third-order valence-corrected chi connectivity index (χ3v) is 1.60. The van der Waals surface area contributed by atoms with Crippen molar-refractivity contribution in [3.63, 3.8) is 0 Å². The molecule has 0 unspecified atom stereocenters. The molecule has 0 spiro atoms. The van der Waals surface area contributed by atoms with Gasteiger partial charge in [0.1, 0.15) is 24.4 Å². The van der Waals surface area contributed by atoms with Crippen LogP contribution in [0.25, 0.3) is 0 Å². The molecule has 0 aliphatic rings. The zero-order valence-corrected chi connectivity index (χ0v) is 8.88. The second-order valence-corrected chi connectivity index (χ2v) is 2.96. The minimum atomic E-state index is -1.79. The van der Waals surface area contributed by atoms with Crippen LogP contribution >= 0.6 is 0 Å². The van der Waals surface area contributed by atoms with Gasteiger partial charge < -0.3 is 41.2 Å². The molecule has 0 heterocycles. The fourth-order valence-corrected chi connectivity index (χ4v) is 0.618. The number of aliphatic carboxylic acids is 1. The molecule has 0 rings (SSSR count). The van der Waals surface area contributed by atoms with E-state index in [-0.39, 0.29) is 12.8 Å². The number of hydrogen-bond acceptors (Lipinski definition) is 8. The molecule has 0 fully saturated rings. The van der Waals surface area contributed by atoms with Crippen molar-refractivity contribution >= 4 is 12.3 Å². The maximum atomic E-state index is 9.90. The third kappa shape index (κ3) is 8.68. The van der Waals surface area contributed by atoms with Crippen LogP contribution in [-0.4, -0.2) is 80.5 Å². The van der Waals surface area contributed by atoms with Gasteiger partial charge in [-0.15, -0.1) is 0 Å². The average molecular weight is 255 g/mol. The molecule has 0 saturated heterocycles. The Morgan fingerprint density at radius 1 is 1.18 bits per heavy atom. The van der Waals surface area contributed by atoms with Crippen LogP contribution < -0.4 is 5.73 Å². The topological polar surface area (TPSA) is 182 Å². The van der Waals surface area contributed by atoms with Gasteiger partial charge in [-0.05, 0) is 0 Å². The first-order chi connectivity index (χ1) is 7.81. The van der Waals surface area contributed by atoms with Gasteiger partial charge in [0.2, 0.25) is 0 Å². The lowest BCUT2D eigenvalue weighted by molar-refractivity contribution is -0.136. The van der Waals surface area contributed by atoms with E-state index in [0.29, 0.717) is 0 Å². The van der Waals surface area contributed by atoms with Gasteiger partial charge in [0.05, 0.1) is 13.2 Å². The van der Waals surface area contributed by atoms with Crippen molar-refractivity contribution in [1.29, 1.82) is 0 Å². The zero-order chi connectivity index (χ0) is 14.0. The minimum Gasteiger partial charge on any atom is -0.480 e. The quantitative estimate of drug-likeness (QED) is 0.230. The van der Waals surface area contributed by atoms with E-state index < -0.39 is 37.0 Å². The molecule has 17 heavy (non-hydrogen) atoms. The van der Waals surface area contributed by atoms with Crippen LogP contribution in [0.2, 0.25) is 0 Å².